The zero-order chi connectivity index (χ0) is 17.2. The minimum Gasteiger partial charge on any atom is -0.508 e. The molecule has 1 aliphatic rings. The summed E-state index contributed by atoms with van der Waals surface area (Å²) in [5, 5.41) is 9.04. The van der Waals surface area contributed by atoms with Gasteiger partial charge in [-0.2, -0.15) is 0 Å². The Bertz CT molecular complexity index is 588. The Kier molecular flexibility index (Phi) is 8.25. The predicted octanol–water partition coefficient (Wildman–Crippen LogP) is 5.83. The number of anilines is 1. The van der Waals surface area contributed by atoms with Crippen molar-refractivity contribution in [1.29, 1.82) is 0 Å². The minimum atomic E-state index is 0.367. The number of aryl methyl sites for hydroxylation is 2. The Balaban J connectivity index is 0.000000209. The molecule has 3 rings (SSSR count). The van der Waals surface area contributed by atoms with E-state index in [1.165, 1.54) is 29.5 Å². The van der Waals surface area contributed by atoms with Crippen LogP contribution in [0, 0.1) is 6.92 Å². The Morgan fingerprint density at radius 1 is 1.09 bits per heavy atom. The van der Waals surface area contributed by atoms with Crippen LogP contribution >= 0.6 is 0 Å². The number of phenols is 1. The molecule has 0 saturated heterocycles. The molecule has 1 saturated carbocycles. The summed E-state index contributed by atoms with van der Waals surface area (Å²) in [6.07, 6.45) is 4.91. The predicted molar refractivity (Wildman–Crippen MR) is 101 cm³/mol. The lowest BCUT2D eigenvalue weighted by Gasteiger charge is -2.02. The van der Waals surface area contributed by atoms with Crippen molar-refractivity contribution >= 4 is 5.69 Å². The molecule has 1 aliphatic carbocycles. The van der Waals surface area contributed by atoms with E-state index in [2.05, 4.69) is 26.0 Å². The van der Waals surface area contributed by atoms with Crippen LogP contribution in [0.15, 0.2) is 42.5 Å². The maximum atomic E-state index is 9.04. The van der Waals surface area contributed by atoms with Gasteiger partial charge in [0.15, 0.2) is 0 Å². The van der Waals surface area contributed by atoms with Crippen LogP contribution in [0.4, 0.5) is 5.69 Å². The summed E-state index contributed by atoms with van der Waals surface area (Å²) in [7, 11) is 0. The maximum Gasteiger partial charge on any atom is 0.115 e. The molecule has 0 radical (unpaired) electrons. The highest BCUT2D eigenvalue weighted by molar-refractivity contribution is 5.48. The molecule has 0 spiro atoms. The van der Waals surface area contributed by atoms with E-state index in [1.807, 2.05) is 38.1 Å². The van der Waals surface area contributed by atoms with Crippen molar-refractivity contribution in [2.75, 3.05) is 5.73 Å². The van der Waals surface area contributed by atoms with Crippen molar-refractivity contribution in [2.45, 2.75) is 59.3 Å². The van der Waals surface area contributed by atoms with Gasteiger partial charge in [-0.25, -0.2) is 0 Å². The number of benzene rings is 2. The quantitative estimate of drug-likeness (QED) is 0.701. The van der Waals surface area contributed by atoms with Gasteiger partial charge < -0.3 is 10.8 Å². The molecule has 0 unspecified atom stereocenters. The number of phenolic OH excluding ortho intramolecular Hbond substituents is 1. The van der Waals surface area contributed by atoms with Crippen molar-refractivity contribution in [2.24, 2.45) is 0 Å². The van der Waals surface area contributed by atoms with Crippen LogP contribution in [0.5, 0.6) is 5.75 Å². The molecule has 1 fully saturated rings. The number of rotatable bonds is 3. The first-order valence-electron chi connectivity index (χ1n) is 8.74. The van der Waals surface area contributed by atoms with E-state index in [-0.39, 0.29) is 0 Å². The fraction of sp³-hybridized carbons (Fsp3) is 0.429. The third-order valence-corrected chi connectivity index (χ3v) is 3.79. The minimum absolute atomic E-state index is 0.367. The summed E-state index contributed by atoms with van der Waals surface area (Å²) < 4.78 is 0. The van der Waals surface area contributed by atoms with E-state index in [4.69, 9.17) is 10.8 Å². The Labute approximate surface area is 141 Å². The van der Waals surface area contributed by atoms with Gasteiger partial charge in [0.1, 0.15) is 5.75 Å². The van der Waals surface area contributed by atoms with Crippen molar-refractivity contribution < 1.29 is 5.11 Å². The van der Waals surface area contributed by atoms with Gasteiger partial charge in [-0.05, 0) is 67.0 Å². The second kappa shape index (κ2) is 9.94. The number of hydrogen-bond donors (Lipinski definition) is 2. The number of nitrogen functional groups attached to an aromatic ring is 1. The molecule has 3 N–H and O–H groups in total. The number of aromatic hydroxyl groups is 1. The van der Waals surface area contributed by atoms with E-state index < -0.39 is 0 Å². The topological polar surface area (TPSA) is 46.2 Å². The first-order valence-corrected chi connectivity index (χ1v) is 8.74. The number of nitrogens with two attached hydrogens (primary N) is 1. The summed E-state index contributed by atoms with van der Waals surface area (Å²) in [6, 6.07) is 13.8. The van der Waals surface area contributed by atoms with Gasteiger partial charge in [-0.1, -0.05) is 51.5 Å². The Morgan fingerprint density at radius 2 is 1.78 bits per heavy atom. The smallest absolute Gasteiger partial charge is 0.115 e. The zero-order valence-corrected chi connectivity index (χ0v) is 15.0. The van der Waals surface area contributed by atoms with Crippen LogP contribution in [-0.2, 0) is 6.42 Å². The van der Waals surface area contributed by atoms with Crippen molar-refractivity contribution in [3.63, 3.8) is 0 Å². The lowest BCUT2D eigenvalue weighted by molar-refractivity contribution is 0.474. The molecule has 2 aromatic carbocycles. The van der Waals surface area contributed by atoms with Gasteiger partial charge in [0.2, 0.25) is 0 Å². The summed E-state index contributed by atoms with van der Waals surface area (Å²) in [5.74, 6) is 1.21. The van der Waals surface area contributed by atoms with Crippen LogP contribution < -0.4 is 5.73 Å². The van der Waals surface area contributed by atoms with Crippen LogP contribution in [0.2, 0.25) is 0 Å². The highest BCUT2D eigenvalue weighted by Crippen LogP contribution is 2.40. The molecular weight excluding hydrogens is 282 g/mol. The number of hydrogen-bond acceptors (Lipinski definition) is 2. The summed E-state index contributed by atoms with van der Waals surface area (Å²) in [6.45, 7) is 8.20. The normalized spacial score (nSPS) is 12.5. The summed E-state index contributed by atoms with van der Waals surface area (Å²) in [4.78, 5) is 0. The molecule has 0 heterocycles. The summed E-state index contributed by atoms with van der Waals surface area (Å²) in [5.41, 5.74) is 10.5. The second-order valence-corrected chi connectivity index (χ2v) is 5.81. The lowest BCUT2D eigenvalue weighted by Crippen LogP contribution is -1.90. The van der Waals surface area contributed by atoms with Crippen LogP contribution in [0.1, 0.15) is 62.6 Å². The third kappa shape index (κ3) is 6.77. The molecule has 0 atom stereocenters. The zero-order valence-electron chi connectivity index (χ0n) is 15.0. The van der Waals surface area contributed by atoms with Gasteiger partial charge >= 0.3 is 0 Å². The van der Waals surface area contributed by atoms with Gasteiger partial charge in [0.25, 0.3) is 0 Å². The summed E-state index contributed by atoms with van der Waals surface area (Å²) >= 11 is 0. The highest BCUT2D eigenvalue weighted by atomic mass is 16.3. The molecule has 0 aromatic heterocycles. The van der Waals surface area contributed by atoms with Crippen molar-refractivity contribution in [3.8, 4) is 5.75 Å². The van der Waals surface area contributed by atoms with Gasteiger partial charge in [-0.3, -0.25) is 0 Å². The van der Waals surface area contributed by atoms with E-state index in [0.29, 0.717) is 5.75 Å². The van der Waals surface area contributed by atoms with Crippen molar-refractivity contribution in [1.82, 2.24) is 0 Å². The molecular formula is C21H31NO. The second-order valence-electron chi connectivity index (χ2n) is 5.81. The van der Waals surface area contributed by atoms with E-state index in [9.17, 15) is 0 Å². The van der Waals surface area contributed by atoms with Gasteiger partial charge in [0, 0.05) is 5.69 Å². The Hall–Kier alpha value is -1.96. The fourth-order valence-corrected chi connectivity index (χ4v) is 2.37. The first kappa shape index (κ1) is 19.1. The average molecular weight is 313 g/mol. The van der Waals surface area contributed by atoms with Gasteiger partial charge in [0.05, 0.1) is 0 Å². The van der Waals surface area contributed by atoms with E-state index in [0.717, 1.165) is 24.4 Å². The van der Waals surface area contributed by atoms with E-state index >= 15 is 0 Å². The fourth-order valence-electron chi connectivity index (χ4n) is 2.37. The SMILES string of the molecule is CC.CCCc1cccc(O)c1.Cc1cc(C2CC2)ccc1N. The maximum absolute atomic E-state index is 9.04. The van der Waals surface area contributed by atoms with Crippen LogP contribution in [-0.4, -0.2) is 5.11 Å². The molecule has 2 aromatic rings. The molecule has 2 nitrogen and oxygen atoms in total. The largest absolute Gasteiger partial charge is 0.508 e. The lowest BCUT2D eigenvalue weighted by atomic mass is 10.1. The molecule has 23 heavy (non-hydrogen) atoms. The van der Waals surface area contributed by atoms with Crippen LogP contribution in [0.3, 0.4) is 0 Å². The molecule has 0 amide bonds. The highest BCUT2D eigenvalue weighted by Gasteiger charge is 2.23. The third-order valence-electron chi connectivity index (χ3n) is 3.79. The van der Waals surface area contributed by atoms with E-state index in [1.54, 1.807) is 6.07 Å². The molecule has 2 heteroatoms. The monoisotopic (exact) mass is 313 g/mol. The Morgan fingerprint density at radius 3 is 2.30 bits per heavy atom. The van der Waals surface area contributed by atoms with Crippen LogP contribution in [0.25, 0.3) is 0 Å². The standard InChI is InChI=1S/C10H13N.C9H12O.C2H6/c1-7-6-9(8-2-3-8)4-5-10(7)11;1-2-4-8-5-3-6-9(10)7-8;1-2/h4-6,8H,2-3,11H2,1H3;3,5-7,10H,2,4H2,1H3;1-2H3. The molecule has 0 bridgehead atoms. The van der Waals surface area contributed by atoms with Crippen molar-refractivity contribution in [3.05, 3.63) is 59.2 Å². The average Bonchev–Trinajstić information content (AvgIpc) is 3.38. The molecule has 0 aliphatic heterocycles. The first-order chi connectivity index (χ1) is 11.1. The molecule has 126 valence electrons. The van der Waals surface area contributed by atoms with Gasteiger partial charge in [-0.15, -0.1) is 0 Å².